The number of thiophene rings is 1. The van der Waals surface area contributed by atoms with Gasteiger partial charge in [0, 0.05) is 15.6 Å². The fourth-order valence-corrected chi connectivity index (χ4v) is 3.33. The highest BCUT2D eigenvalue weighted by Crippen LogP contribution is 2.34. The van der Waals surface area contributed by atoms with E-state index >= 15 is 0 Å². The van der Waals surface area contributed by atoms with E-state index in [1.165, 1.54) is 20.5 Å². The predicted octanol–water partition coefficient (Wildman–Crippen LogP) is 3.88. The van der Waals surface area contributed by atoms with Crippen molar-refractivity contribution in [3.8, 4) is 12.3 Å². The molecule has 1 aromatic heterocycles. The second kappa shape index (κ2) is 4.91. The van der Waals surface area contributed by atoms with Gasteiger partial charge >= 0.3 is 0 Å². The second-order valence-corrected chi connectivity index (χ2v) is 5.45. The van der Waals surface area contributed by atoms with Crippen molar-refractivity contribution in [3.05, 3.63) is 34.7 Å². The zero-order valence-electron chi connectivity index (χ0n) is 10.4. The van der Waals surface area contributed by atoms with E-state index in [-0.39, 0.29) is 6.04 Å². The fourth-order valence-electron chi connectivity index (χ4n) is 2.11. The zero-order valence-corrected chi connectivity index (χ0v) is 11.3. The Bertz CT molecular complexity index is 562. The number of hydrogen-bond donors (Lipinski definition) is 1. The summed E-state index contributed by atoms with van der Waals surface area (Å²) in [5.41, 5.74) is 1.37. The standard InChI is InChI=1S/C15H17NS/c1-5-10(2)16-12(4)15-11(3)13-8-6-7-9-14(13)17-15/h1,6-10,12,16H,2-4H3. The Morgan fingerprint density at radius 3 is 2.65 bits per heavy atom. The Morgan fingerprint density at radius 1 is 1.29 bits per heavy atom. The molecule has 1 aromatic carbocycles. The van der Waals surface area contributed by atoms with Crippen LogP contribution in [0.15, 0.2) is 24.3 Å². The molecule has 0 bridgehead atoms. The molecule has 1 N–H and O–H groups in total. The van der Waals surface area contributed by atoms with Gasteiger partial charge in [-0.15, -0.1) is 17.8 Å². The second-order valence-electron chi connectivity index (χ2n) is 4.36. The lowest BCUT2D eigenvalue weighted by molar-refractivity contribution is 0.552. The Hall–Kier alpha value is -1.30. The molecule has 0 saturated carbocycles. The SMILES string of the molecule is C#CC(C)NC(C)c1sc2ccccc2c1C. The summed E-state index contributed by atoms with van der Waals surface area (Å²) in [5, 5.41) is 4.78. The summed E-state index contributed by atoms with van der Waals surface area (Å²) >= 11 is 1.85. The highest BCUT2D eigenvalue weighted by Gasteiger charge is 2.15. The van der Waals surface area contributed by atoms with Crippen LogP contribution < -0.4 is 5.32 Å². The first-order valence-corrected chi connectivity index (χ1v) is 6.65. The van der Waals surface area contributed by atoms with E-state index in [2.05, 4.69) is 49.4 Å². The summed E-state index contributed by atoms with van der Waals surface area (Å²) in [6.45, 7) is 6.37. The molecule has 0 radical (unpaired) electrons. The van der Waals surface area contributed by atoms with Crippen LogP contribution in [0, 0.1) is 19.3 Å². The van der Waals surface area contributed by atoms with Gasteiger partial charge in [0.2, 0.25) is 0 Å². The highest BCUT2D eigenvalue weighted by molar-refractivity contribution is 7.19. The number of fused-ring (bicyclic) bond motifs is 1. The lowest BCUT2D eigenvalue weighted by Gasteiger charge is -2.15. The fraction of sp³-hybridized carbons (Fsp3) is 0.333. The van der Waals surface area contributed by atoms with Crippen LogP contribution in [0.4, 0.5) is 0 Å². The van der Waals surface area contributed by atoms with Crippen LogP contribution in [0.25, 0.3) is 10.1 Å². The number of terminal acetylenes is 1. The summed E-state index contributed by atoms with van der Waals surface area (Å²) in [6, 6.07) is 8.95. The van der Waals surface area contributed by atoms with Crippen molar-refractivity contribution in [2.45, 2.75) is 32.9 Å². The van der Waals surface area contributed by atoms with Crippen LogP contribution in [0.5, 0.6) is 0 Å². The Morgan fingerprint density at radius 2 is 2.00 bits per heavy atom. The highest BCUT2D eigenvalue weighted by atomic mass is 32.1. The number of rotatable bonds is 3. The molecule has 2 unspecified atom stereocenters. The summed E-state index contributed by atoms with van der Waals surface area (Å²) in [5.74, 6) is 2.71. The van der Waals surface area contributed by atoms with E-state index < -0.39 is 0 Å². The molecule has 0 aliphatic heterocycles. The lowest BCUT2D eigenvalue weighted by Crippen LogP contribution is -2.27. The molecule has 0 spiro atoms. The molecule has 17 heavy (non-hydrogen) atoms. The topological polar surface area (TPSA) is 12.0 Å². The molecule has 0 fully saturated rings. The van der Waals surface area contributed by atoms with Crippen molar-refractivity contribution >= 4 is 21.4 Å². The van der Waals surface area contributed by atoms with Gasteiger partial charge in [-0.2, -0.15) is 0 Å². The molecule has 1 heterocycles. The van der Waals surface area contributed by atoms with E-state index in [1.807, 2.05) is 18.3 Å². The average molecular weight is 243 g/mol. The van der Waals surface area contributed by atoms with Crippen LogP contribution in [0.2, 0.25) is 0 Å². The van der Waals surface area contributed by atoms with E-state index in [9.17, 15) is 0 Å². The molecular weight excluding hydrogens is 226 g/mol. The molecule has 88 valence electrons. The van der Waals surface area contributed by atoms with E-state index in [0.29, 0.717) is 6.04 Å². The Kier molecular flexibility index (Phi) is 3.51. The minimum atomic E-state index is 0.106. The molecule has 2 heteroatoms. The maximum Gasteiger partial charge on any atom is 0.0663 e. The third-order valence-corrected chi connectivity index (χ3v) is 4.48. The maximum atomic E-state index is 5.40. The quantitative estimate of drug-likeness (QED) is 0.807. The van der Waals surface area contributed by atoms with Crippen molar-refractivity contribution in [1.29, 1.82) is 0 Å². The largest absolute Gasteiger partial charge is 0.296 e. The Balaban J connectivity index is 2.36. The first-order chi connectivity index (χ1) is 8.13. The third-order valence-electron chi connectivity index (χ3n) is 3.02. The van der Waals surface area contributed by atoms with E-state index in [1.54, 1.807) is 0 Å². The molecular formula is C15H17NS. The van der Waals surface area contributed by atoms with Gasteiger partial charge in [0.15, 0.2) is 0 Å². The molecule has 2 aromatic rings. The normalized spacial score (nSPS) is 14.5. The summed E-state index contributed by atoms with van der Waals surface area (Å²) in [7, 11) is 0. The van der Waals surface area contributed by atoms with E-state index in [4.69, 9.17) is 6.42 Å². The molecule has 0 amide bonds. The van der Waals surface area contributed by atoms with Gasteiger partial charge in [-0.05, 0) is 37.8 Å². The van der Waals surface area contributed by atoms with Gasteiger partial charge in [-0.3, -0.25) is 5.32 Å². The number of hydrogen-bond acceptors (Lipinski definition) is 2. The molecule has 1 nitrogen and oxygen atoms in total. The zero-order chi connectivity index (χ0) is 12.4. The van der Waals surface area contributed by atoms with Crippen molar-refractivity contribution in [3.63, 3.8) is 0 Å². The Labute approximate surface area is 107 Å². The summed E-state index contributed by atoms with van der Waals surface area (Å²) < 4.78 is 1.35. The van der Waals surface area contributed by atoms with Crippen molar-refractivity contribution < 1.29 is 0 Å². The monoisotopic (exact) mass is 243 g/mol. The van der Waals surface area contributed by atoms with Gasteiger partial charge in [-0.25, -0.2) is 0 Å². The van der Waals surface area contributed by atoms with Gasteiger partial charge in [0.25, 0.3) is 0 Å². The molecule has 0 saturated heterocycles. The van der Waals surface area contributed by atoms with Gasteiger partial charge in [0.05, 0.1) is 6.04 Å². The van der Waals surface area contributed by atoms with E-state index in [0.717, 1.165) is 0 Å². The predicted molar refractivity (Wildman–Crippen MR) is 76.4 cm³/mol. The van der Waals surface area contributed by atoms with Crippen LogP contribution in [0.3, 0.4) is 0 Å². The lowest BCUT2D eigenvalue weighted by atomic mass is 10.1. The van der Waals surface area contributed by atoms with Crippen LogP contribution >= 0.6 is 11.3 Å². The van der Waals surface area contributed by atoms with Crippen molar-refractivity contribution in [1.82, 2.24) is 5.32 Å². The van der Waals surface area contributed by atoms with Crippen LogP contribution in [-0.2, 0) is 0 Å². The minimum absolute atomic E-state index is 0.106. The van der Waals surface area contributed by atoms with Gasteiger partial charge in [-0.1, -0.05) is 24.1 Å². The average Bonchev–Trinajstić information content (AvgIpc) is 2.67. The maximum absolute atomic E-state index is 5.40. The van der Waals surface area contributed by atoms with Crippen LogP contribution in [-0.4, -0.2) is 6.04 Å². The number of nitrogens with one attached hydrogen (secondary N) is 1. The van der Waals surface area contributed by atoms with Crippen LogP contribution in [0.1, 0.15) is 30.3 Å². The van der Waals surface area contributed by atoms with Gasteiger partial charge in [0.1, 0.15) is 0 Å². The van der Waals surface area contributed by atoms with Crippen molar-refractivity contribution in [2.75, 3.05) is 0 Å². The van der Waals surface area contributed by atoms with Crippen molar-refractivity contribution in [2.24, 2.45) is 0 Å². The smallest absolute Gasteiger partial charge is 0.0663 e. The first-order valence-electron chi connectivity index (χ1n) is 5.83. The summed E-state index contributed by atoms with van der Waals surface area (Å²) in [4.78, 5) is 1.38. The molecule has 0 aliphatic rings. The molecule has 2 atom stereocenters. The minimum Gasteiger partial charge on any atom is -0.296 e. The van der Waals surface area contributed by atoms with Gasteiger partial charge < -0.3 is 0 Å². The number of aryl methyl sites for hydroxylation is 1. The molecule has 0 aliphatic carbocycles. The third kappa shape index (κ3) is 2.36. The summed E-state index contributed by atoms with van der Waals surface area (Å²) in [6.07, 6.45) is 5.40. The number of benzene rings is 1. The first kappa shape index (κ1) is 12.2. The molecule has 2 rings (SSSR count).